The summed E-state index contributed by atoms with van der Waals surface area (Å²) in [5, 5.41) is 15.6. The number of benzene rings is 1. The van der Waals surface area contributed by atoms with Crippen molar-refractivity contribution in [2.75, 3.05) is 5.32 Å². The number of thiophene rings is 3. The highest BCUT2D eigenvalue weighted by atomic mass is 32.1. The lowest BCUT2D eigenvalue weighted by atomic mass is 10.0. The van der Waals surface area contributed by atoms with Crippen molar-refractivity contribution in [1.29, 1.82) is 0 Å². The van der Waals surface area contributed by atoms with Crippen LogP contribution in [0.2, 0.25) is 0 Å². The third-order valence-corrected chi connectivity index (χ3v) is 7.15. The largest absolute Gasteiger partial charge is 0.478 e. The number of halogens is 2. The summed E-state index contributed by atoms with van der Waals surface area (Å²) in [6.07, 6.45) is 0. The van der Waals surface area contributed by atoms with E-state index in [9.17, 15) is 23.5 Å². The predicted octanol–water partition coefficient (Wildman–Crippen LogP) is 6.23. The minimum absolute atomic E-state index is 0.0244. The SMILES string of the molecule is Cc1ccc(-c2csc(NC(=O)c3cc4sccc4s3)c2C(=O)O)c(F)c1F. The van der Waals surface area contributed by atoms with Gasteiger partial charge in [0.15, 0.2) is 11.6 Å². The van der Waals surface area contributed by atoms with Gasteiger partial charge in [0.1, 0.15) is 10.6 Å². The standard InChI is InChI=1S/C19H11F2NO3S3/c1-8-2-3-9(16(21)15(8)20)10-7-27-18(14(10)19(24)25)22-17(23)13-6-12-11(28-13)4-5-26-12/h2-7H,1H3,(H,22,23)(H,24,25). The Balaban J connectivity index is 1.73. The molecule has 4 aromatic rings. The third-order valence-electron chi connectivity index (χ3n) is 4.16. The lowest BCUT2D eigenvalue weighted by Crippen LogP contribution is -2.12. The van der Waals surface area contributed by atoms with Crippen LogP contribution < -0.4 is 5.32 Å². The Morgan fingerprint density at radius 3 is 2.54 bits per heavy atom. The molecule has 142 valence electrons. The zero-order chi connectivity index (χ0) is 20.0. The van der Waals surface area contributed by atoms with Crippen molar-refractivity contribution in [3.8, 4) is 11.1 Å². The summed E-state index contributed by atoms with van der Waals surface area (Å²) in [6.45, 7) is 1.42. The molecule has 0 radical (unpaired) electrons. The van der Waals surface area contributed by atoms with Gasteiger partial charge in [-0.15, -0.1) is 34.0 Å². The van der Waals surface area contributed by atoms with Gasteiger partial charge in [0.05, 0.1) is 4.88 Å². The first kappa shape index (κ1) is 18.7. The van der Waals surface area contributed by atoms with E-state index in [-0.39, 0.29) is 27.3 Å². The summed E-state index contributed by atoms with van der Waals surface area (Å²) < 4.78 is 30.2. The van der Waals surface area contributed by atoms with Crippen LogP contribution in [0.1, 0.15) is 25.6 Å². The lowest BCUT2D eigenvalue weighted by Gasteiger charge is -2.07. The molecule has 1 amide bonds. The Bertz CT molecular complexity index is 1210. The van der Waals surface area contributed by atoms with Gasteiger partial charge in [-0.25, -0.2) is 13.6 Å². The summed E-state index contributed by atoms with van der Waals surface area (Å²) in [5.41, 5.74) is -0.274. The van der Waals surface area contributed by atoms with Crippen LogP contribution in [0.25, 0.3) is 20.5 Å². The molecule has 0 saturated heterocycles. The van der Waals surface area contributed by atoms with E-state index in [1.54, 1.807) is 6.07 Å². The minimum Gasteiger partial charge on any atom is -0.478 e. The van der Waals surface area contributed by atoms with Gasteiger partial charge in [0.2, 0.25) is 0 Å². The lowest BCUT2D eigenvalue weighted by molar-refractivity contribution is 0.0699. The van der Waals surface area contributed by atoms with E-state index in [1.807, 2.05) is 11.4 Å². The number of rotatable bonds is 4. The van der Waals surface area contributed by atoms with Gasteiger partial charge in [-0.2, -0.15) is 0 Å². The van der Waals surface area contributed by atoms with Crippen LogP contribution in [-0.4, -0.2) is 17.0 Å². The van der Waals surface area contributed by atoms with Crippen LogP contribution in [0.15, 0.2) is 35.0 Å². The van der Waals surface area contributed by atoms with Gasteiger partial charge >= 0.3 is 5.97 Å². The van der Waals surface area contributed by atoms with Crippen LogP contribution in [0, 0.1) is 18.6 Å². The Morgan fingerprint density at radius 1 is 1.04 bits per heavy atom. The first-order chi connectivity index (χ1) is 13.4. The third kappa shape index (κ3) is 3.11. The first-order valence-corrected chi connectivity index (χ1v) is 10.5. The Kier molecular flexibility index (Phi) is 4.74. The van der Waals surface area contributed by atoms with Crippen LogP contribution in [-0.2, 0) is 0 Å². The quantitative estimate of drug-likeness (QED) is 0.399. The zero-order valence-corrected chi connectivity index (χ0v) is 16.7. The molecule has 3 aromatic heterocycles. The van der Waals surface area contributed by atoms with Crippen molar-refractivity contribution in [2.45, 2.75) is 6.92 Å². The van der Waals surface area contributed by atoms with Crippen molar-refractivity contribution >= 4 is 60.3 Å². The van der Waals surface area contributed by atoms with Crippen LogP contribution >= 0.6 is 34.0 Å². The molecule has 0 spiro atoms. The van der Waals surface area contributed by atoms with Crippen molar-refractivity contribution in [2.24, 2.45) is 0 Å². The summed E-state index contributed by atoms with van der Waals surface area (Å²) >= 11 is 3.76. The maximum atomic E-state index is 14.4. The summed E-state index contributed by atoms with van der Waals surface area (Å²) in [6, 6.07) is 6.36. The van der Waals surface area contributed by atoms with E-state index in [0.717, 1.165) is 20.7 Å². The fraction of sp³-hybridized carbons (Fsp3) is 0.0526. The average molecular weight is 435 g/mol. The monoisotopic (exact) mass is 435 g/mol. The molecular formula is C19H11F2NO3S3. The van der Waals surface area contributed by atoms with Gasteiger partial charge < -0.3 is 10.4 Å². The van der Waals surface area contributed by atoms with Crippen LogP contribution in [0.4, 0.5) is 13.8 Å². The number of aryl methyl sites for hydroxylation is 1. The van der Waals surface area contributed by atoms with Crippen molar-refractivity contribution in [3.63, 3.8) is 0 Å². The second-order valence-corrected chi connectivity index (χ2v) is 8.84. The van der Waals surface area contributed by atoms with Gasteiger partial charge in [-0.05, 0) is 30.0 Å². The Morgan fingerprint density at radius 2 is 1.82 bits per heavy atom. The second kappa shape index (κ2) is 7.08. The molecule has 0 aliphatic rings. The van der Waals surface area contributed by atoms with E-state index in [0.29, 0.717) is 4.88 Å². The van der Waals surface area contributed by atoms with E-state index in [1.165, 1.54) is 47.1 Å². The number of carboxylic acids is 1. The van der Waals surface area contributed by atoms with Gasteiger partial charge in [0, 0.05) is 25.9 Å². The molecular weight excluding hydrogens is 424 g/mol. The molecule has 0 unspecified atom stereocenters. The van der Waals surface area contributed by atoms with Gasteiger partial charge in [0.25, 0.3) is 5.91 Å². The molecule has 0 aliphatic heterocycles. The number of hydrogen-bond donors (Lipinski definition) is 2. The highest BCUT2D eigenvalue weighted by molar-refractivity contribution is 7.28. The molecule has 0 saturated carbocycles. The van der Waals surface area contributed by atoms with E-state index >= 15 is 0 Å². The topological polar surface area (TPSA) is 66.4 Å². The van der Waals surface area contributed by atoms with Crippen LogP contribution in [0.5, 0.6) is 0 Å². The van der Waals surface area contributed by atoms with E-state index in [4.69, 9.17) is 0 Å². The van der Waals surface area contributed by atoms with Gasteiger partial charge in [-0.3, -0.25) is 4.79 Å². The highest BCUT2D eigenvalue weighted by Gasteiger charge is 2.25. The molecule has 1 aromatic carbocycles. The predicted molar refractivity (Wildman–Crippen MR) is 109 cm³/mol. The zero-order valence-electron chi connectivity index (χ0n) is 14.2. The maximum absolute atomic E-state index is 14.4. The number of nitrogens with one attached hydrogen (secondary N) is 1. The molecule has 0 fully saturated rings. The molecule has 3 heterocycles. The van der Waals surface area contributed by atoms with Gasteiger partial charge in [-0.1, -0.05) is 12.1 Å². The molecule has 0 aliphatic carbocycles. The number of carbonyl (C=O) groups is 2. The van der Waals surface area contributed by atoms with Crippen LogP contribution in [0.3, 0.4) is 0 Å². The molecule has 0 atom stereocenters. The summed E-state index contributed by atoms with van der Waals surface area (Å²) in [5.74, 6) is -3.92. The highest BCUT2D eigenvalue weighted by Crippen LogP contribution is 2.38. The summed E-state index contributed by atoms with van der Waals surface area (Å²) in [7, 11) is 0. The molecule has 4 rings (SSSR count). The number of anilines is 1. The Labute approximate surface area is 169 Å². The number of amides is 1. The molecule has 4 nitrogen and oxygen atoms in total. The molecule has 9 heteroatoms. The number of carboxylic acid groups (broad SMARTS) is 1. The fourth-order valence-corrected chi connectivity index (χ4v) is 5.71. The normalized spacial score (nSPS) is 11.1. The number of hydrogen-bond acceptors (Lipinski definition) is 5. The number of fused-ring (bicyclic) bond motifs is 1. The smallest absolute Gasteiger partial charge is 0.339 e. The average Bonchev–Trinajstić information content (AvgIpc) is 3.34. The fourth-order valence-electron chi connectivity index (χ4n) is 2.76. The first-order valence-electron chi connectivity index (χ1n) is 7.95. The molecule has 28 heavy (non-hydrogen) atoms. The number of carbonyl (C=O) groups excluding carboxylic acids is 1. The molecule has 0 bridgehead atoms. The van der Waals surface area contributed by atoms with Crippen molar-refractivity contribution in [1.82, 2.24) is 0 Å². The van der Waals surface area contributed by atoms with E-state index in [2.05, 4.69) is 5.32 Å². The van der Waals surface area contributed by atoms with E-state index < -0.39 is 23.5 Å². The summed E-state index contributed by atoms with van der Waals surface area (Å²) in [4.78, 5) is 24.8. The Hall–Kier alpha value is -2.62. The van der Waals surface area contributed by atoms with Crippen molar-refractivity contribution < 1.29 is 23.5 Å². The second-order valence-electron chi connectivity index (χ2n) is 5.93. The minimum atomic E-state index is -1.33. The molecule has 2 N–H and O–H groups in total. The van der Waals surface area contributed by atoms with Crippen molar-refractivity contribution in [3.05, 3.63) is 62.7 Å². The number of aromatic carboxylic acids is 1. The maximum Gasteiger partial charge on any atom is 0.339 e.